The Kier molecular flexibility index (Phi) is 6.06. The number of ether oxygens (including phenoxy) is 1. The topological polar surface area (TPSA) is 44.3 Å². The van der Waals surface area contributed by atoms with Gasteiger partial charge in [0.25, 0.3) is 0 Å². The second-order valence-electron chi connectivity index (χ2n) is 10.2. The maximum absolute atomic E-state index is 12.7. The summed E-state index contributed by atoms with van der Waals surface area (Å²) in [5.41, 5.74) is 4.29. The Hall–Kier alpha value is -0.990. The lowest BCUT2D eigenvalue weighted by Crippen LogP contribution is -2.44. The van der Waals surface area contributed by atoms with Gasteiger partial charge in [0.05, 0.1) is 6.10 Å². The third-order valence-corrected chi connectivity index (χ3v) is 8.58. The van der Waals surface area contributed by atoms with Gasteiger partial charge in [0.2, 0.25) is 0 Å². The van der Waals surface area contributed by atoms with Crippen molar-refractivity contribution in [2.24, 2.45) is 11.3 Å². The highest BCUT2D eigenvalue weighted by molar-refractivity contribution is 7.90. The second kappa shape index (κ2) is 8.27. The molecule has 4 rings (SSSR count). The Morgan fingerprint density at radius 3 is 2.55 bits per heavy atom. The predicted molar refractivity (Wildman–Crippen MR) is 120 cm³/mol. The molecule has 3 aliphatic rings. The summed E-state index contributed by atoms with van der Waals surface area (Å²) in [6.45, 7) is 6.87. The molecule has 158 valence electrons. The van der Waals surface area contributed by atoms with Gasteiger partial charge < -0.3 is 9.29 Å². The molecule has 29 heavy (non-hydrogen) atoms. The van der Waals surface area contributed by atoms with Crippen LogP contribution in [0.5, 0.6) is 0 Å². The number of hydrogen-bond acceptors (Lipinski definition) is 3. The van der Waals surface area contributed by atoms with Crippen molar-refractivity contribution in [3.05, 3.63) is 34.9 Å². The van der Waals surface area contributed by atoms with Crippen LogP contribution in [0.4, 0.5) is 0 Å². The SMILES string of the molecule is CO[C@H]1CC[C@]2(CC1)Cc1ccc(C#CC3CC3)cc1C2CN[S+]([O-])C(C)(C)C. The van der Waals surface area contributed by atoms with Crippen LogP contribution in [0.25, 0.3) is 0 Å². The highest BCUT2D eigenvalue weighted by Crippen LogP contribution is 2.55. The second-order valence-corrected chi connectivity index (χ2v) is 12.3. The monoisotopic (exact) mass is 413 g/mol. The van der Waals surface area contributed by atoms with E-state index in [2.05, 4.69) is 34.8 Å². The number of fused-ring (bicyclic) bond motifs is 1. The fourth-order valence-corrected chi connectivity index (χ4v) is 5.78. The molecule has 0 aliphatic heterocycles. The van der Waals surface area contributed by atoms with Crippen molar-refractivity contribution < 1.29 is 9.29 Å². The first kappa shape index (κ1) is 21.2. The first-order chi connectivity index (χ1) is 13.8. The van der Waals surface area contributed by atoms with E-state index >= 15 is 0 Å². The van der Waals surface area contributed by atoms with E-state index in [9.17, 15) is 4.55 Å². The van der Waals surface area contributed by atoms with E-state index in [1.165, 1.54) is 36.8 Å². The summed E-state index contributed by atoms with van der Waals surface area (Å²) >= 11 is -1.05. The van der Waals surface area contributed by atoms with Crippen LogP contribution in [0.15, 0.2) is 18.2 Å². The van der Waals surface area contributed by atoms with Gasteiger partial charge in [-0.05, 0) is 94.4 Å². The molecule has 0 saturated heterocycles. The van der Waals surface area contributed by atoms with Gasteiger partial charge in [0.15, 0.2) is 0 Å². The van der Waals surface area contributed by atoms with E-state index in [1.807, 2.05) is 27.9 Å². The molecule has 2 saturated carbocycles. The van der Waals surface area contributed by atoms with Gasteiger partial charge in [-0.1, -0.05) is 17.9 Å². The van der Waals surface area contributed by atoms with Crippen LogP contribution in [0.2, 0.25) is 0 Å². The van der Waals surface area contributed by atoms with E-state index in [4.69, 9.17) is 4.74 Å². The van der Waals surface area contributed by atoms with Crippen molar-refractivity contribution in [3.63, 3.8) is 0 Å². The van der Waals surface area contributed by atoms with Gasteiger partial charge in [-0.3, -0.25) is 0 Å². The molecule has 1 aromatic rings. The van der Waals surface area contributed by atoms with Crippen LogP contribution >= 0.6 is 0 Å². The van der Waals surface area contributed by atoms with Crippen molar-refractivity contribution in [1.29, 1.82) is 0 Å². The summed E-state index contributed by atoms with van der Waals surface area (Å²) in [7, 11) is 1.84. The number of nitrogens with one attached hydrogen (secondary N) is 1. The average Bonchev–Trinajstić information content (AvgIpc) is 3.47. The maximum Gasteiger partial charge on any atom is 0.136 e. The van der Waals surface area contributed by atoms with Crippen LogP contribution in [-0.2, 0) is 22.5 Å². The van der Waals surface area contributed by atoms with Crippen LogP contribution < -0.4 is 4.72 Å². The summed E-state index contributed by atoms with van der Waals surface area (Å²) in [4.78, 5) is 0. The lowest BCUT2D eigenvalue weighted by Gasteiger charge is -2.42. The lowest BCUT2D eigenvalue weighted by atomic mass is 9.65. The number of rotatable bonds is 4. The van der Waals surface area contributed by atoms with Crippen LogP contribution in [-0.4, -0.2) is 29.1 Å². The minimum Gasteiger partial charge on any atom is -0.598 e. The number of methoxy groups -OCH3 is 1. The lowest BCUT2D eigenvalue weighted by molar-refractivity contribution is 0.0206. The molecular weight excluding hydrogens is 378 g/mol. The summed E-state index contributed by atoms with van der Waals surface area (Å²) in [5, 5.41) is 0. The minimum absolute atomic E-state index is 0.250. The molecule has 0 amide bonds. The van der Waals surface area contributed by atoms with Gasteiger partial charge in [-0.25, -0.2) is 0 Å². The predicted octanol–water partition coefficient (Wildman–Crippen LogP) is 4.72. The van der Waals surface area contributed by atoms with E-state index in [0.717, 1.165) is 31.4 Å². The summed E-state index contributed by atoms with van der Waals surface area (Å²) in [6, 6.07) is 6.83. The fourth-order valence-electron chi connectivity index (χ4n) is 5.03. The Morgan fingerprint density at radius 2 is 1.93 bits per heavy atom. The Balaban J connectivity index is 1.59. The normalized spacial score (nSPS) is 30.0. The van der Waals surface area contributed by atoms with Crippen molar-refractivity contribution in [3.8, 4) is 11.8 Å². The quantitative estimate of drug-likeness (QED) is 0.574. The van der Waals surface area contributed by atoms with E-state index in [1.54, 1.807) is 0 Å². The van der Waals surface area contributed by atoms with Gasteiger partial charge in [-0.2, -0.15) is 0 Å². The standard InChI is InChI=1S/C25H35NO2S/c1-24(2,3)29(27)26-17-23-22-15-19(8-7-18-5-6-18)9-10-20(22)16-25(23)13-11-21(28-4)12-14-25/h9-10,15,18,21,23,26H,5-6,11-14,16-17H2,1-4H3/t21-,23?,25-,29?. The molecule has 2 atom stereocenters. The minimum atomic E-state index is -1.05. The molecule has 2 fully saturated rings. The molecule has 3 nitrogen and oxygen atoms in total. The number of benzene rings is 1. The highest BCUT2D eigenvalue weighted by atomic mass is 32.2. The van der Waals surface area contributed by atoms with Gasteiger partial charge in [0, 0.05) is 42.4 Å². The van der Waals surface area contributed by atoms with Gasteiger partial charge >= 0.3 is 0 Å². The molecule has 3 aliphatic carbocycles. The van der Waals surface area contributed by atoms with Crippen molar-refractivity contribution in [1.82, 2.24) is 4.72 Å². The van der Waals surface area contributed by atoms with Crippen molar-refractivity contribution >= 4 is 11.4 Å². The Bertz CT molecular complexity index is 791. The summed E-state index contributed by atoms with van der Waals surface area (Å²) in [5.74, 6) is 7.81. The molecular formula is C25H35NO2S. The number of hydrogen-bond donors (Lipinski definition) is 1. The molecule has 0 heterocycles. The maximum atomic E-state index is 12.7. The third kappa shape index (κ3) is 4.69. The van der Waals surface area contributed by atoms with Crippen molar-refractivity contribution in [2.75, 3.05) is 13.7 Å². The van der Waals surface area contributed by atoms with Gasteiger partial charge in [-0.15, -0.1) is 4.72 Å². The molecule has 0 bridgehead atoms. The molecule has 0 radical (unpaired) electrons. The van der Waals surface area contributed by atoms with E-state index < -0.39 is 11.4 Å². The molecule has 1 aromatic carbocycles. The van der Waals surface area contributed by atoms with E-state index in [0.29, 0.717) is 17.9 Å². The molecule has 1 N–H and O–H groups in total. The average molecular weight is 414 g/mol. The smallest absolute Gasteiger partial charge is 0.136 e. The Labute approximate surface area is 179 Å². The van der Waals surface area contributed by atoms with E-state index in [-0.39, 0.29) is 10.2 Å². The summed E-state index contributed by atoms with van der Waals surface area (Å²) < 4.78 is 21.5. The van der Waals surface area contributed by atoms with Crippen LogP contribution in [0, 0.1) is 23.2 Å². The van der Waals surface area contributed by atoms with Gasteiger partial charge in [0.1, 0.15) is 4.75 Å². The zero-order valence-corrected chi connectivity index (χ0v) is 19.2. The molecule has 4 heteroatoms. The zero-order chi connectivity index (χ0) is 20.6. The van der Waals surface area contributed by atoms with Crippen LogP contribution in [0.3, 0.4) is 0 Å². The molecule has 1 spiro atoms. The van der Waals surface area contributed by atoms with Crippen molar-refractivity contribution in [2.45, 2.75) is 82.5 Å². The largest absolute Gasteiger partial charge is 0.598 e. The first-order valence-electron chi connectivity index (χ1n) is 11.1. The fraction of sp³-hybridized carbons (Fsp3) is 0.680. The zero-order valence-electron chi connectivity index (χ0n) is 18.3. The first-order valence-corrected chi connectivity index (χ1v) is 12.3. The third-order valence-electron chi connectivity index (χ3n) is 7.04. The van der Waals surface area contributed by atoms with Crippen LogP contribution in [0.1, 0.15) is 81.9 Å². The summed E-state index contributed by atoms with van der Waals surface area (Å²) in [6.07, 6.45) is 8.63. The highest BCUT2D eigenvalue weighted by Gasteiger charge is 2.48. The molecule has 0 aromatic heterocycles. The Morgan fingerprint density at radius 1 is 1.21 bits per heavy atom. The molecule has 2 unspecified atom stereocenters.